The molecule has 1 heterocycles. The van der Waals surface area contributed by atoms with Crippen LogP contribution in [0.5, 0.6) is 0 Å². The monoisotopic (exact) mass is 346 g/mol. The Morgan fingerprint density at radius 2 is 1.58 bits per heavy atom. The first-order valence-electron chi connectivity index (χ1n) is 8.64. The predicted octanol–water partition coefficient (Wildman–Crippen LogP) is 5.15. The predicted molar refractivity (Wildman–Crippen MR) is 100 cm³/mol. The van der Waals surface area contributed by atoms with Gasteiger partial charge in [-0.25, -0.2) is 4.39 Å². The number of nitrogens with zero attached hydrogens (tertiary/aromatic N) is 1. The summed E-state index contributed by atoms with van der Waals surface area (Å²) in [5, 5.41) is 3.39. The summed E-state index contributed by atoms with van der Waals surface area (Å²) in [4.78, 5) is 14.9. The standard InChI is InChI=1S/C22H19FN2O/c1-15(16-7-3-2-4-8-16)25-21(24-18-13-11-17(23)12-14-18)19-9-5-6-10-20(19)22(25)26/h2-15,21,24H,1H3/t15-,21-/m1/s1. The highest BCUT2D eigenvalue weighted by molar-refractivity contribution is 5.99. The largest absolute Gasteiger partial charge is 0.361 e. The fourth-order valence-electron chi connectivity index (χ4n) is 3.48. The second kappa shape index (κ2) is 6.64. The fourth-order valence-corrected chi connectivity index (χ4v) is 3.48. The molecule has 0 saturated heterocycles. The summed E-state index contributed by atoms with van der Waals surface area (Å²) in [7, 11) is 0. The maximum atomic E-state index is 13.2. The van der Waals surface area contributed by atoms with Gasteiger partial charge in [0.1, 0.15) is 12.0 Å². The number of hydrogen-bond acceptors (Lipinski definition) is 2. The van der Waals surface area contributed by atoms with Crippen LogP contribution in [0.2, 0.25) is 0 Å². The first-order chi connectivity index (χ1) is 12.6. The van der Waals surface area contributed by atoms with Crippen LogP contribution in [0.1, 0.15) is 40.6 Å². The Kier molecular flexibility index (Phi) is 4.17. The van der Waals surface area contributed by atoms with E-state index < -0.39 is 0 Å². The van der Waals surface area contributed by atoms with Crippen LogP contribution in [-0.2, 0) is 0 Å². The van der Waals surface area contributed by atoms with E-state index in [2.05, 4.69) is 5.32 Å². The van der Waals surface area contributed by atoms with E-state index in [0.717, 1.165) is 16.8 Å². The van der Waals surface area contributed by atoms with Crippen molar-refractivity contribution in [3.05, 3.63) is 101 Å². The minimum absolute atomic E-state index is 0.00318. The smallest absolute Gasteiger partial charge is 0.256 e. The summed E-state index contributed by atoms with van der Waals surface area (Å²) in [6.07, 6.45) is -0.306. The van der Waals surface area contributed by atoms with E-state index in [1.54, 1.807) is 12.1 Å². The van der Waals surface area contributed by atoms with Crippen molar-refractivity contribution in [1.29, 1.82) is 0 Å². The lowest BCUT2D eigenvalue weighted by molar-refractivity contribution is 0.0667. The van der Waals surface area contributed by atoms with Gasteiger partial charge in [-0.15, -0.1) is 0 Å². The molecule has 0 spiro atoms. The summed E-state index contributed by atoms with van der Waals surface area (Å²) < 4.78 is 13.2. The highest BCUT2D eigenvalue weighted by atomic mass is 19.1. The quantitative estimate of drug-likeness (QED) is 0.708. The van der Waals surface area contributed by atoms with Gasteiger partial charge in [0.2, 0.25) is 0 Å². The first kappa shape index (κ1) is 16.3. The van der Waals surface area contributed by atoms with Gasteiger partial charge >= 0.3 is 0 Å². The number of fused-ring (bicyclic) bond motifs is 1. The zero-order chi connectivity index (χ0) is 18.1. The second-order valence-electron chi connectivity index (χ2n) is 6.44. The Hall–Kier alpha value is -3.14. The summed E-state index contributed by atoms with van der Waals surface area (Å²) in [5.41, 5.74) is 3.48. The number of halogens is 1. The van der Waals surface area contributed by atoms with Crippen molar-refractivity contribution in [2.45, 2.75) is 19.1 Å². The Morgan fingerprint density at radius 1 is 0.923 bits per heavy atom. The van der Waals surface area contributed by atoms with Gasteiger partial charge in [0, 0.05) is 16.8 Å². The summed E-state index contributed by atoms with van der Waals surface area (Å²) >= 11 is 0. The molecule has 0 saturated carbocycles. The lowest BCUT2D eigenvalue weighted by Crippen LogP contribution is -2.34. The molecule has 1 N–H and O–H groups in total. The first-order valence-corrected chi connectivity index (χ1v) is 8.64. The van der Waals surface area contributed by atoms with Gasteiger partial charge in [-0.2, -0.15) is 0 Å². The Balaban J connectivity index is 1.73. The van der Waals surface area contributed by atoms with Crippen LogP contribution in [-0.4, -0.2) is 10.8 Å². The maximum absolute atomic E-state index is 13.2. The molecule has 0 unspecified atom stereocenters. The Bertz CT molecular complexity index is 924. The van der Waals surface area contributed by atoms with Crippen LogP contribution in [0.4, 0.5) is 10.1 Å². The van der Waals surface area contributed by atoms with E-state index in [1.807, 2.05) is 66.4 Å². The number of nitrogens with one attached hydrogen (secondary N) is 1. The summed E-state index contributed by atoms with van der Waals surface area (Å²) in [6, 6.07) is 23.7. The molecule has 4 heteroatoms. The molecule has 0 aromatic heterocycles. The van der Waals surface area contributed by atoms with Crippen LogP contribution in [0.15, 0.2) is 78.9 Å². The molecule has 1 aliphatic heterocycles. The molecule has 0 radical (unpaired) electrons. The number of hydrogen-bond donors (Lipinski definition) is 1. The molecule has 26 heavy (non-hydrogen) atoms. The van der Waals surface area contributed by atoms with Crippen molar-refractivity contribution in [1.82, 2.24) is 4.90 Å². The van der Waals surface area contributed by atoms with E-state index in [1.165, 1.54) is 12.1 Å². The number of carbonyl (C=O) groups is 1. The van der Waals surface area contributed by atoms with Gasteiger partial charge in [-0.1, -0.05) is 48.5 Å². The van der Waals surface area contributed by atoms with Crippen molar-refractivity contribution >= 4 is 11.6 Å². The number of rotatable bonds is 4. The molecule has 3 nitrogen and oxygen atoms in total. The molecule has 0 aliphatic carbocycles. The van der Waals surface area contributed by atoms with Gasteiger partial charge < -0.3 is 10.2 Å². The fraction of sp³-hybridized carbons (Fsp3) is 0.136. The molecule has 4 rings (SSSR count). The molecular formula is C22H19FN2O. The van der Waals surface area contributed by atoms with Crippen molar-refractivity contribution in [2.24, 2.45) is 0 Å². The number of carbonyl (C=O) groups excluding carboxylic acids is 1. The van der Waals surface area contributed by atoms with Crippen LogP contribution < -0.4 is 5.32 Å². The normalized spacial score (nSPS) is 17.1. The topological polar surface area (TPSA) is 32.3 Å². The van der Waals surface area contributed by atoms with Gasteiger partial charge in [-0.3, -0.25) is 4.79 Å². The molecule has 0 bridgehead atoms. The third-order valence-electron chi connectivity index (χ3n) is 4.85. The Labute approximate surface area is 152 Å². The molecule has 130 valence electrons. The van der Waals surface area contributed by atoms with Gasteiger partial charge in [-0.05, 0) is 42.8 Å². The minimum Gasteiger partial charge on any atom is -0.361 e. The zero-order valence-corrected chi connectivity index (χ0v) is 14.4. The minimum atomic E-state index is -0.306. The molecule has 0 fully saturated rings. The average molecular weight is 346 g/mol. The third-order valence-corrected chi connectivity index (χ3v) is 4.85. The van der Waals surface area contributed by atoms with Crippen LogP contribution in [0.3, 0.4) is 0 Å². The van der Waals surface area contributed by atoms with E-state index in [4.69, 9.17) is 0 Å². The highest BCUT2D eigenvalue weighted by Gasteiger charge is 2.39. The molecule has 1 aliphatic rings. The number of anilines is 1. The van der Waals surface area contributed by atoms with E-state index in [9.17, 15) is 9.18 Å². The van der Waals surface area contributed by atoms with E-state index in [0.29, 0.717) is 5.56 Å². The van der Waals surface area contributed by atoms with Crippen LogP contribution in [0.25, 0.3) is 0 Å². The lowest BCUT2D eigenvalue weighted by atomic mass is 10.1. The molecule has 3 aromatic carbocycles. The average Bonchev–Trinajstić information content (AvgIpc) is 2.96. The SMILES string of the molecule is C[C@H](c1ccccc1)N1C(=O)c2ccccc2[C@@H]1Nc1ccc(F)cc1. The van der Waals surface area contributed by atoms with Crippen molar-refractivity contribution < 1.29 is 9.18 Å². The molecule has 2 atom stereocenters. The van der Waals surface area contributed by atoms with E-state index in [-0.39, 0.29) is 23.9 Å². The maximum Gasteiger partial charge on any atom is 0.256 e. The molecular weight excluding hydrogens is 327 g/mol. The highest BCUT2D eigenvalue weighted by Crippen LogP contribution is 2.40. The molecule has 1 amide bonds. The van der Waals surface area contributed by atoms with Crippen LogP contribution in [0, 0.1) is 5.82 Å². The number of benzene rings is 3. The lowest BCUT2D eigenvalue weighted by Gasteiger charge is -2.32. The third kappa shape index (κ3) is 2.84. The summed E-state index contributed by atoms with van der Waals surface area (Å²) in [6.45, 7) is 2.03. The number of amides is 1. The van der Waals surface area contributed by atoms with E-state index >= 15 is 0 Å². The Morgan fingerprint density at radius 3 is 2.31 bits per heavy atom. The summed E-state index contributed by atoms with van der Waals surface area (Å²) in [5.74, 6) is -0.287. The van der Waals surface area contributed by atoms with Crippen molar-refractivity contribution in [3.8, 4) is 0 Å². The second-order valence-corrected chi connectivity index (χ2v) is 6.44. The van der Waals surface area contributed by atoms with Gasteiger partial charge in [0.25, 0.3) is 5.91 Å². The van der Waals surface area contributed by atoms with Crippen LogP contribution >= 0.6 is 0 Å². The van der Waals surface area contributed by atoms with Crippen molar-refractivity contribution in [2.75, 3.05) is 5.32 Å². The zero-order valence-electron chi connectivity index (χ0n) is 14.4. The molecule has 3 aromatic rings. The van der Waals surface area contributed by atoms with Gasteiger partial charge in [0.15, 0.2) is 0 Å². The van der Waals surface area contributed by atoms with Crippen molar-refractivity contribution in [3.63, 3.8) is 0 Å². The van der Waals surface area contributed by atoms with Gasteiger partial charge in [0.05, 0.1) is 6.04 Å².